The summed E-state index contributed by atoms with van der Waals surface area (Å²) >= 11 is 0. The van der Waals surface area contributed by atoms with E-state index in [1.54, 1.807) is 30.3 Å². The lowest BCUT2D eigenvalue weighted by Crippen LogP contribution is -2.38. The van der Waals surface area contributed by atoms with Crippen molar-refractivity contribution in [2.45, 2.75) is 74.1 Å². The summed E-state index contributed by atoms with van der Waals surface area (Å²) < 4.78 is 50.4. The minimum absolute atomic E-state index is 0.0198. The molecule has 1 amide bonds. The van der Waals surface area contributed by atoms with Gasteiger partial charge in [0.15, 0.2) is 22.8 Å². The van der Waals surface area contributed by atoms with Gasteiger partial charge in [-0.2, -0.15) is 4.98 Å². The van der Waals surface area contributed by atoms with Crippen LogP contribution in [0.1, 0.15) is 90.2 Å². The summed E-state index contributed by atoms with van der Waals surface area (Å²) in [4.78, 5) is 51.4. The van der Waals surface area contributed by atoms with Crippen LogP contribution in [0, 0.1) is 27.5 Å². The van der Waals surface area contributed by atoms with Crippen molar-refractivity contribution >= 4 is 23.9 Å². The van der Waals surface area contributed by atoms with Gasteiger partial charge in [0.05, 0.1) is 32.8 Å². The number of ether oxygens (including phenoxy) is 6. The molecule has 0 saturated carbocycles. The van der Waals surface area contributed by atoms with E-state index in [0.717, 1.165) is 11.1 Å². The molecule has 4 aromatic rings. The van der Waals surface area contributed by atoms with Gasteiger partial charge in [0.1, 0.15) is 18.2 Å². The third kappa shape index (κ3) is 12.7. The fourth-order valence-electron chi connectivity index (χ4n) is 5.13. The smallest absolute Gasteiger partial charge is 0.412 e. The molecule has 17 nitrogen and oxygen atoms in total. The summed E-state index contributed by atoms with van der Waals surface area (Å²) in [6, 6.07) is 10.8. The molecule has 0 aliphatic rings. The molecule has 0 aliphatic carbocycles. The normalized spacial score (nSPS) is 12.2. The molecule has 1 atom stereocenters. The third-order valence-electron chi connectivity index (χ3n) is 9.14. The second-order valence-corrected chi connectivity index (χ2v) is 16.3. The fourth-order valence-corrected chi connectivity index (χ4v) is 5.13. The van der Waals surface area contributed by atoms with E-state index >= 15 is 4.39 Å². The van der Waals surface area contributed by atoms with E-state index < -0.39 is 42.0 Å². The molecule has 2 aromatic carbocycles. The number of nitrogens with one attached hydrogen (secondary N) is 2. The summed E-state index contributed by atoms with van der Waals surface area (Å²) in [5.41, 5.74) is -1.13. The number of carbonyl (C=O) groups is 3. The predicted octanol–water partition coefficient (Wildman–Crippen LogP) is 5.93. The second-order valence-electron chi connectivity index (χ2n) is 16.3. The Morgan fingerprint density at radius 1 is 0.933 bits per heavy atom. The molecular weight excluding hydrogens is 781 g/mol. The first kappa shape index (κ1) is 46.5. The summed E-state index contributed by atoms with van der Waals surface area (Å²) in [5.74, 6) is -3.53. The fraction of sp³-hybridized carbons (Fsp3) is 0.476. The Hall–Kier alpha value is -6.17. The molecule has 2 aromatic heterocycles. The minimum atomic E-state index is -1.67. The Labute approximate surface area is 348 Å². The Morgan fingerprint density at radius 3 is 2.22 bits per heavy atom. The van der Waals surface area contributed by atoms with Crippen molar-refractivity contribution < 1.29 is 52.3 Å². The maximum Gasteiger partial charge on any atom is 0.412 e. The number of hydrogen-bond donors (Lipinski definition) is 3. The van der Waals surface area contributed by atoms with E-state index in [1.807, 2.05) is 41.5 Å². The molecule has 0 spiro atoms. The first-order valence-corrected chi connectivity index (χ1v) is 19.2. The van der Waals surface area contributed by atoms with Gasteiger partial charge >= 0.3 is 24.0 Å². The number of rotatable bonds is 19. The van der Waals surface area contributed by atoms with Crippen LogP contribution >= 0.6 is 0 Å². The van der Waals surface area contributed by atoms with Crippen molar-refractivity contribution in [3.05, 3.63) is 83.2 Å². The zero-order valence-corrected chi connectivity index (χ0v) is 35.5. The molecule has 3 N–H and O–H groups in total. The molecule has 0 unspecified atom stereocenters. The van der Waals surface area contributed by atoms with Crippen LogP contribution in [0.2, 0.25) is 0 Å². The van der Waals surface area contributed by atoms with Crippen molar-refractivity contribution in [2.24, 2.45) is 16.2 Å². The van der Waals surface area contributed by atoms with Crippen molar-refractivity contribution in [3.63, 3.8) is 0 Å². The molecule has 0 bridgehead atoms. The van der Waals surface area contributed by atoms with Crippen LogP contribution in [0.5, 0.6) is 17.5 Å². The van der Waals surface area contributed by atoms with Gasteiger partial charge in [-0.3, -0.25) is 20.3 Å². The second kappa shape index (κ2) is 20.2. The van der Waals surface area contributed by atoms with E-state index in [0.29, 0.717) is 11.1 Å². The predicted molar refractivity (Wildman–Crippen MR) is 216 cm³/mol. The lowest BCUT2D eigenvalue weighted by Gasteiger charge is -2.24. The van der Waals surface area contributed by atoms with Crippen LogP contribution in [-0.4, -0.2) is 94.0 Å². The number of esters is 2. The van der Waals surface area contributed by atoms with Gasteiger partial charge < -0.3 is 33.5 Å². The topological polar surface area (TPSA) is 219 Å². The highest BCUT2D eigenvalue weighted by Crippen LogP contribution is 2.37. The molecular formula is C42H54FN7O10. The van der Waals surface area contributed by atoms with Crippen molar-refractivity contribution in [2.75, 3.05) is 40.3 Å². The van der Waals surface area contributed by atoms with Crippen LogP contribution in [-0.2, 0) is 30.2 Å². The quantitative estimate of drug-likeness (QED) is 0.0249. The van der Waals surface area contributed by atoms with Crippen molar-refractivity contribution in [1.29, 1.82) is 5.41 Å². The molecule has 18 heteroatoms. The van der Waals surface area contributed by atoms with Crippen molar-refractivity contribution in [1.82, 2.24) is 30.0 Å². The van der Waals surface area contributed by atoms with Gasteiger partial charge in [-0.1, -0.05) is 65.8 Å². The van der Waals surface area contributed by atoms with E-state index in [9.17, 15) is 19.5 Å². The number of aliphatic hydroxyl groups excluding tert-OH is 1. The lowest BCUT2D eigenvalue weighted by molar-refractivity contribution is -0.175. The first-order chi connectivity index (χ1) is 28.3. The third-order valence-corrected chi connectivity index (χ3v) is 9.14. The first-order valence-electron chi connectivity index (χ1n) is 19.2. The summed E-state index contributed by atoms with van der Waals surface area (Å²) in [6.07, 6.45) is 3.04. The Bertz CT molecular complexity index is 2100. The summed E-state index contributed by atoms with van der Waals surface area (Å²) in [7, 11) is 1.41. The molecule has 0 radical (unpaired) electrons. The number of nitrogens with zero attached hydrogens (tertiary/aromatic N) is 5. The van der Waals surface area contributed by atoms with Gasteiger partial charge in [-0.05, 0) is 55.2 Å². The maximum atomic E-state index is 16.5. The van der Waals surface area contributed by atoms with Gasteiger partial charge in [-0.25, -0.2) is 19.2 Å². The van der Waals surface area contributed by atoms with Crippen LogP contribution in [0.25, 0.3) is 5.95 Å². The highest BCUT2D eigenvalue weighted by molar-refractivity contribution is 6.04. The number of methoxy groups -OCH3 is 1. The number of amidine groups is 1. The number of hydrogen-bond acceptors (Lipinski definition) is 15. The highest BCUT2D eigenvalue weighted by Gasteiger charge is 2.40. The Balaban J connectivity index is 1.69. The number of aliphatic hydroxyl groups is 1. The number of halogens is 1. The average Bonchev–Trinajstić information content (AvgIpc) is 3.64. The molecule has 0 fully saturated rings. The molecule has 4 rings (SSSR count). The Kier molecular flexibility index (Phi) is 15.7. The molecule has 0 saturated heterocycles. The minimum Gasteiger partial charge on any atom is -0.497 e. The Morgan fingerprint density at radius 2 is 1.60 bits per heavy atom. The molecule has 60 heavy (non-hydrogen) atoms. The zero-order valence-electron chi connectivity index (χ0n) is 35.5. The van der Waals surface area contributed by atoms with Crippen molar-refractivity contribution in [3.8, 4) is 23.5 Å². The zero-order chi connectivity index (χ0) is 44.3. The highest BCUT2D eigenvalue weighted by atomic mass is 19.1. The summed E-state index contributed by atoms with van der Waals surface area (Å²) in [6.45, 7) is 13.3. The van der Waals surface area contributed by atoms with Crippen LogP contribution in [0.3, 0.4) is 0 Å². The van der Waals surface area contributed by atoms with Crippen LogP contribution in [0.15, 0.2) is 54.9 Å². The number of carbonyl (C=O) groups excluding carboxylic acids is 3. The van der Waals surface area contributed by atoms with Gasteiger partial charge in [0.25, 0.3) is 5.95 Å². The number of amides is 1. The number of benzene rings is 2. The van der Waals surface area contributed by atoms with Gasteiger partial charge in [0.2, 0.25) is 6.79 Å². The lowest BCUT2D eigenvalue weighted by atomic mass is 9.90. The van der Waals surface area contributed by atoms with E-state index in [1.165, 1.54) is 45.5 Å². The molecule has 2 heterocycles. The molecule has 324 valence electrons. The number of aromatic nitrogens is 5. The summed E-state index contributed by atoms with van der Waals surface area (Å²) in [5, 5.41) is 25.0. The van der Waals surface area contributed by atoms with Crippen LogP contribution < -0.4 is 19.5 Å². The maximum absolute atomic E-state index is 16.5. The number of alkyl carbamates (subject to hydrolysis) is 1. The SMILES string of the molecule is CCC(C)(C)COC(=O)NC(=N)c1ccc(C[C@@H](c2nc(OCOC(=O)C(C)(C)C(=O)OCC(C)(C)C)n(-c3ncccn3)n2)c2cc(OC)cc(OCCO)c2F)cc1. The van der Waals surface area contributed by atoms with E-state index in [2.05, 4.69) is 25.4 Å². The standard InChI is InChI=1S/C42H54FN7O10/c1-10-41(5,6)24-58-39(54)47-33(44)27-14-12-26(13-15-27)20-30(29-21-28(55-9)22-31(32(29)43)56-19-18-51)34-48-38(50(49-34)37-45-16-11-17-46-37)60-25-59-36(53)42(7,8)35(52)57-23-40(2,3)4/h11-17,21-22,30,51H,10,18-20,23-25H2,1-9H3,(H2,44,47,54)/t30-/m1/s1. The van der Waals surface area contributed by atoms with E-state index in [-0.39, 0.29) is 84.4 Å². The van der Waals surface area contributed by atoms with Gasteiger partial charge in [-0.15, -0.1) is 9.78 Å². The van der Waals surface area contributed by atoms with E-state index in [4.69, 9.17) is 33.8 Å². The van der Waals surface area contributed by atoms with Gasteiger partial charge in [0, 0.05) is 29.6 Å². The average molecular weight is 836 g/mol. The monoisotopic (exact) mass is 835 g/mol. The van der Waals surface area contributed by atoms with Crippen LogP contribution in [0.4, 0.5) is 9.18 Å². The molecule has 0 aliphatic heterocycles. The largest absolute Gasteiger partial charge is 0.497 e.